The van der Waals surface area contributed by atoms with Crippen molar-refractivity contribution in [3.63, 3.8) is 0 Å². The lowest BCUT2D eigenvalue weighted by molar-refractivity contribution is -0.320. The molecule has 5 saturated carbocycles. The van der Waals surface area contributed by atoms with Gasteiger partial charge in [0.1, 0.15) is 11.2 Å². The van der Waals surface area contributed by atoms with E-state index in [1.807, 2.05) is 0 Å². The summed E-state index contributed by atoms with van der Waals surface area (Å²) in [5.74, 6) is -2.97. The number of carbonyl (C=O) groups is 3. The maximum atomic E-state index is 13.9. The topological polar surface area (TPSA) is 173 Å². The summed E-state index contributed by atoms with van der Waals surface area (Å²) in [7, 11) is 6.66. The molecule has 5 aliphatic carbocycles. The minimum absolute atomic E-state index is 0.0305. The van der Waals surface area contributed by atoms with Crippen molar-refractivity contribution in [1.29, 1.82) is 0 Å². The van der Waals surface area contributed by atoms with Gasteiger partial charge in [0, 0.05) is 76.4 Å². The van der Waals surface area contributed by atoms with Crippen LogP contribution in [0.15, 0.2) is 24.3 Å². The fourth-order valence-electron chi connectivity index (χ4n) is 12.5. The van der Waals surface area contributed by atoms with E-state index in [4.69, 9.17) is 28.8 Å². The molecule has 7 rings (SSSR count). The molecule has 1 heterocycles. The number of aliphatic carboxylic acids is 1. The summed E-state index contributed by atoms with van der Waals surface area (Å²) in [5.41, 5.74) is -4.18. The van der Waals surface area contributed by atoms with Crippen LogP contribution < -0.4 is 5.32 Å². The Morgan fingerprint density at radius 2 is 1.78 bits per heavy atom. The van der Waals surface area contributed by atoms with Crippen LogP contribution >= 0.6 is 0 Å². The van der Waals surface area contributed by atoms with Crippen LogP contribution in [0.25, 0.3) is 0 Å². The summed E-state index contributed by atoms with van der Waals surface area (Å²) in [6.07, 6.45) is 0.0966. The molecule has 0 radical (unpaired) electrons. The van der Waals surface area contributed by atoms with Gasteiger partial charge in [0.15, 0.2) is 0 Å². The second kappa shape index (κ2) is 12.2. The maximum Gasteiger partial charge on any atom is 0.340 e. The number of likely N-dealkylation sites (N-methyl/N-ethyl adjacent to an activating group) is 1. The number of aliphatic hydroxyl groups is 2. The summed E-state index contributed by atoms with van der Waals surface area (Å²) in [4.78, 5) is 39.6. The predicted octanol–water partition coefficient (Wildman–Crippen LogP) is 1.94. The number of hydrogen-bond donors (Lipinski definition) is 4. The van der Waals surface area contributed by atoms with E-state index in [0.29, 0.717) is 25.9 Å². The van der Waals surface area contributed by atoms with E-state index in [2.05, 4.69) is 17.1 Å². The van der Waals surface area contributed by atoms with Gasteiger partial charge in [0.25, 0.3) is 0 Å². The molecule has 13 heteroatoms. The van der Waals surface area contributed by atoms with Gasteiger partial charge in [0.2, 0.25) is 5.91 Å². The standard InChI is InChI=1S/C36H50N2O11/c1-6-38-17-33(18-49-31(42)19-9-7-8-10-22(19)37-25(39)11-12-26(40)41)14-13-24(46-3)35-21-15-20-23(45-2)16-34(43,27(21)28(20)47-4)36(44,32(35)38)30(48-5)29(33)35/h7-10,20-21,23-24,27-30,32,43-44H,6,11-18H2,1-5H3,(H,37,39)(H,40,41). The summed E-state index contributed by atoms with van der Waals surface area (Å²) in [5, 5.41) is 38.2. The highest BCUT2D eigenvalue weighted by molar-refractivity contribution is 6.01. The molecule has 270 valence electrons. The molecule has 0 aromatic heterocycles. The van der Waals surface area contributed by atoms with E-state index in [1.54, 1.807) is 52.7 Å². The van der Waals surface area contributed by atoms with Crippen molar-refractivity contribution in [3.8, 4) is 0 Å². The van der Waals surface area contributed by atoms with Crippen LogP contribution in [0.2, 0.25) is 0 Å². The largest absolute Gasteiger partial charge is 0.481 e. The molecule has 6 fully saturated rings. The number of amides is 1. The van der Waals surface area contributed by atoms with Crippen LogP contribution in [0.4, 0.5) is 5.69 Å². The van der Waals surface area contributed by atoms with Gasteiger partial charge in [-0.15, -0.1) is 0 Å². The molecule has 13 atom stereocenters. The Morgan fingerprint density at radius 3 is 2.43 bits per heavy atom. The lowest BCUT2D eigenvalue weighted by Gasteiger charge is -2.70. The van der Waals surface area contributed by atoms with Crippen LogP contribution in [0.3, 0.4) is 0 Å². The maximum absolute atomic E-state index is 13.9. The van der Waals surface area contributed by atoms with Crippen molar-refractivity contribution in [2.45, 2.75) is 87.1 Å². The third-order valence-electron chi connectivity index (χ3n) is 13.8. The summed E-state index contributed by atoms with van der Waals surface area (Å²) < 4.78 is 31.2. The lowest BCUT2D eigenvalue weighted by Crippen LogP contribution is -2.82. The first kappa shape index (κ1) is 34.8. The number of esters is 1. The van der Waals surface area contributed by atoms with Crippen LogP contribution in [0.1, 0.15) is 55.8 Å². The first-order valence-corrected chi connectivity index (χ1v) is 17.5. The molecule has 6 aliphatic rings. The van der Waals surface area contributed by atoms with Crippen LogP contribution in [0, 0.1) is 34.5 Å². The minimum atomic E-state index is -1.70. The van der Waals surface area contributed by atoms with Crippen molar-refractivity contribution in [2.24, 2.45) is 34.5 Å². The fourth-order valence-corrected chi connectivity index (χ4v) is 12.5. The second-order valence-corrected chi connectivity index (χ2v) is 15.2. The number of para-hydroxylation sites is 1. The van der Waals surface area contributed by atoms with E-state index < -0.39 is 52.0 Å². The zero-order valence-corrected chi connectivity index (χ0v) is 28.9. The zero-order chi connectivity index (χ0) is 35.1. The van der Waals surface area contributed by atoms with Crippen molar-refractivity contribution in [3.05, 3.63) is 29.8 Å². The average Bonchev–Trinajstić information content (AvgIpc) is 3.51. The summed E-state index contributed by atoms with van der Waals surface area (Å²) in [6, 6.07) is 6.04. The number of piperidine rings is 1. The number of carboxylic acid groups (broad SMARTS) is 1. The SMILES string of the molecule is CCN1CC2(COC(=O)c3ccccc3NC(=O)CCC(=O)O)CCC(OC)C34C5CC6C(OC)CC(O)(C5C6OC)C(O)(C(OC)C23)C14. The average molecular weight is 687 g/mol. The number of rotatable bonds is 12. The first-order valence-electron chi connectivity index (χ1n) is 17.5. The fraction of sp³-hybridized carbons (Fsp3) is 0.750. The van der Waals surface area contributed by atoms with Crippen molar-refractivity contribution < 1.29 is 53.4 Å². The number of carbonyl (C=O) groups excluding carboxylic acids is 2. The normalized spacial score (nSPS) is 44.4. The van der Waals surface area contributed by atoms with Crippen molar-refractivity contribution in [1.82, 2.24) is 4.90 Å². The number of nitrogens with zero attached hydrogens (tertiary/aromatic N) is 1. The Bertz CT molecular complexity index is 1490. The Labute approximate surface area is 286 Å². The molecule has 7 bridgehead atoms. The number of benzene rings is 1. The van der Waals surface area contributed by atoms with Gasteiger partial charge in [0.05, 0.1) is 54.7 Å². The van der Waals surface area contributed by atoms with E-state index in [9.17, 15) is 24.6 Å². The monoisotopic (exact) mass is 686 g/mol. The van der Waals surface area contributed by atoms with Gasteiger partial charge in [-0.25, -0.2) is 4.79 Å². The smallest absolute Gasteiger partial charge is 0.340 e. The number of carboxylic acids is 1. The molecular weight excluding hydrogens is 636 g/mol. The number of ether oxygens (including phenoxy) is 5. The number of methoxy groups -OCH3 is 4. The summed E-state index contributed by atoms with van der Waals surface area (Å²) >= 11 is 0. The van der Waals surface area contributed by atoms with Crippen LogP contribution in [-0.2, 0) is 33.3 Å². The molecular formula is C36H50N2O11. The minimum Gasteiger partial charge on any atom is -0.481 e. The van der Waals surface area contributed by atoms with E-state index in [-0.39, 0.29) is 79.1 Å². The number of likely N-dealkylation sites (tertiary alicyclic amines) is 1. The van der Waals surface area contributed by atoms with Gasteiger partial charge in [-0.1, -0.05) is 19.1 Å². The third-order valence-corrected chi connectivity index (χ3v) is 13.8. The highest BCUT2D eigenvalue weighted by atomic mass is 16.5. The Morgan fingerprint density at radius 1 is 1.02 bits per heavy atom. The highest BCUT2D eigenvalue weighted by Crippen LogP contribution is 2.80. The molecule has 1 amide bonds. The quantitative estimate of drug-likeness (QED) is 0.236. The highest BCUT2D eigenvalue weighted by Gasteiger charge is 2.91. The second-order valence-electron chi connectivity index (χ2n) is 15.2. The molecule has 4 N–H and O–H groups in total. The number of hydrogen-bond acceptors (Lipinski definition) is 11. The van der Waals surface area contributed by atoms with Gasteiger partial charge in [-0.3, -0.25) is 14.5 Å². The molecule has 49 heavy (non-hydrogen) atoms. The zero-order valence-electron chi connectivity index (χ0n) is 28.9. The van der Waals surface area contributed by atoms with Crippen LogP contribution in [-0.4, -0.2) is 128 Å². The van der Waals surface area contributed by atoms with E-state index in [0.717, 1.165) is 6.42 Å². The van der Waals surface area contributed by atoms with Crippen LogP contribution in [0.5, 0.6) is 0 Å². The number of anilines is 1. The van der Waals surface area contributed by atoms with Gasteiger partial charge in [-0.05, 0) is 43.9 Å². The van der Waals surface area contributed by atoms with Crippen molar-refractivity contribution >= 4 is 23.5 Å². The van der Waals surface area contributed by atoms with E-state index in [1.165, 1.54) is 0 Å². The Kier molecular flexibility index (Phi) is 8.69. The first-order chi connectivity index (χ1) is 23.4. The molecule has 1 aliphatic heterocycles. The molecule has 13 nitrogen and oxygen atoms in total. The third kappa shape index (κ3) is 4.45. The van der Waals surface area contributed by atoms with Gasteiger partial charge >= 0.3 is 11.9 Å². The molecule has 1 spiro atoms. The molecule has 1 aromatic carbocycles. The molecule has 13 unspecified atom stereocenters. The Balaban J connectivity index is 1.29. The molecule has 1 saturated heterocycles. The number of nitrogens with one attached hydrogen (secondary N) is 1. The van der Waals surface area contributed by atoms with E-state index >= 15 is 0 Å². The Hall–Kier alpha value is -2.65. The van der Waals surface area contributed by atoms with Gasteiger partial charge < -0.3 is 44.3 Å². The molecule has 1 aromatic rings. The van der Waals surface area contributed by atoms with Gasteiger partial charge in [-0.2, -0.15) is 0 Å². The lowest BCUT2D eigenvalue weighted by atomic mass is 9.42. The van der Waals surface area contributed by atoms with Crippen molar-refractivity contribution in [2.75, 3.05) is 53.5 Å². The summed E-state index contributed by atoms with van der Waals surface area (Å²) in [6.45, 7) is 3.20. The predicted molar refractivity (Wildman–Crippen MR) is 174 cm³/mol. The number of fused-ring (bicyclic) bond motifs is 2.